The molecule has 0 amide bonds. The zero-order valence-electron chi connectivity index (χ0n) is 11.1. The van der Waals surface area contributed by atoms with E-state index >= 15 is 0 Å². The number of aromatic carboxylic acids is 1. The zero-order valence-corrected chi connectivity index (χ0v) is 12.7. The Morgan fingerprint density at radius 2 is 2.15 bits per heavy atom. The number of anilines is 1. The maximum atomic E-state index is 11.3. The van der Waals surface area contributed by atoms with Crippen molar-refractivity contribution in [3.8, 4) is 0 Å². The number of pyridine rings is 1. The maximum Gasteiger partial charge on any atom is 0.339 e. The van der Waals surface area contributed by atoms with Crippen LogP contribution in [-0.2, 0) is 0 Å². The first-order valence-electron chi connectivity index (χ1n) is 6.19. The van der Waals surface area contributed by atoms with Crippen molar-refractivity contribution in [1.29, 1.82) is 0 Å². The molecule has 0 aliphatic rings. The number of rotatable bonds is 5. The first-order valence-corrected chi connectivity index (χ1v) is 7.44. The molecule has 2 rings (SSSR count). The fraction of sp³-hybridized carbons (Fsp3) is 0.286. The maximum absolute atomic E-state index is 11.3. The second-order valence-corrected chi connectivity index (χ2v) is 6.08. The van der Waals surface area contributed by atoms with E-state index in [1.165, 1.54) is 12.1 Å². The predicted octanol–water partition coefficient (Wildman–Crippen LogP) is 4.30. The number of hydrogen-bond acceptors (Lipinski definition) is 4. The van der Waals surface area contributed by atoms with Crippen LogP contribution in [0.1, 0.15) is 35.1 Å². The first kappa shape index (κ1) is 14.8. The van der Waals surface area contributed by atoms with Crippen molar-refractivity contribution < 1.29 is 9.90 Å². The van der Waals surface area contributed by atoms with E-state index in [9.17, 15) is 9.90 Å². The number of thiophene rings is 1. The van der Waals surface area contributed by atoms with Gasteiger partial charge in [0.05, 0.1) is 6.04 Å². The summed E-state index contributed by atoms with van der Waals surface area (Å²) in [6.07, 6.45) is 0. The molecule has 0 bridgehead atoms. The van der Waals surface area contributed by atoms with E-state index in [0.29, 0.717) is 5.82 Å². The molecule has 1 unspecified atom stereocenters. The molecule has 1 atom stereocenters. The minimum absolute atomic E-state index is 0.000864. The van der Waals surface area contributed by atoms with Crippen LogP contribution in [0.15, 0.2) is 29.6 Å². The van der Waals surface area contributed by atoms with Crippen molar-refractivity contribution in [1.82, 2.24) is 4.98 Å². The van der Waals surface area contributed by atoms with Gasteiger partial charge in [-0.1, -0.05) is 31.5 Å². The predicted molar refractivity (Wildman–Crippen MR) is 81.7 cm³/mol. The van der Waals surface area contributed by atoms with Crippen molar-refractivity contribution in [2.75, 3.05) is 5.32 Å². The van der Waals surface area contributed by atoms with Crippen LogP contribution in [0.4, 0.5) is 5.82 Å². The number of halogens is 1. The van der Waals surface area contributed by atoms with Crippen molar-refractivity contribution in [2.24, 2.45) is 5.92 Å². The number of nitrogens with zero attached hydrogens (tertiary/aromatic N) is 1. The number of aromatic nitrogens is 1. The van der Waals surface area contributed by atoms with Crippen LogP contribution in [0.25, 0.3) is 0 Å². The lowest BCUT2D eigenvalue weighted by Crippen LogP contribution is -2.18. The molecule has 2 N–H and O–H groups in total. The van der Waals surface area contributed by atoms with Crippen molar-refractivity contribution >= 4 is 34.7 Å². The minimum atomic E-state index is -1.02. The Bertz CT molecular complexity index is 599. The Kier molecular flexibility index (Phi) is 4.62. The number of carboxylic acid groups (broad SMARTS) is 1. The monoisotopic (exact) mass is 310 g/mol. The lowest BCUT2D eigenvalue weighted by atomic mass is 10.0. The highest BCUT2D eigenvalue weighted by molar-refractivity contribution is 7.10. The minimum Gasteiger partial charge on any atom is -0.478 e. The van der Waals surface area contributed by atoms with E-state index in [2.05, 4.69) is 24.1 Å². The van der Waals surface area contributed by atoms with Gasteiger partial charge in [0.15, 0.2) is 0 Å². The van der Waals surface area contributed by atoms with E-state index in [1.54, 1.807) is 11.3 Å². The second-order valence-electron chi connectivity index (χ2n) is 4.72. The lowest BCUT2D eigenvalue weighted by Gasteiger charge is -2.22. The Balaban J connectivity index is 2.36. The normalized spacial score (nSPS) is 12.4. The Morgan fingerprint density at radius 3 is 2.70 bits per heavy atom. The molecule has 0 saturated carbocycles. The molecule has 0 saturated heterocycles. The molecule has 2 heterocycles. The van der Waals surface area contributed by atoms with Crippen LogP contribution in [0, 0.1) is 5.92 Å². The van der Waals surface area contributed by atoms with Crippen molar-refractivity contribution in [2.45, 2.75) is 19.9 Å². The fourth-order valence-corrected chi connectivity index (χ4v) is 3.00. The summed E-state index contributed by atoms with van der Waals surface area (Å²) < 4.78 is 0. The summed E-state index contributed by atoms with van der Waals surface area (Å²) in [7, 11) is 0. The summed E-state index contributed by atoms with van der Waals surface area (Å²) in [4.78, 5) is 16.5. The van der Waals surface area contributed by atoms with Gasteiger partial charge in [0.25, 0.3) is 0 Å². The van der Waals surface area contributed by atoms with E-state index in [1.807, 2.05) is 17.5 Å². The van der Waals surface area contributed by atoms with E-state index in [4.69, 9.17) is 11.6 Å². The Morgan fingerprint density at radius 1 is 1.40 bits per heavy atom. The Hall–Kier alpha value is -1.59. The van der Waals surface area contributed by atoms with Crippen molar-refractivity contribution in [3.05, 3.63) is 45.2 Å². The SMILES string of the molecule is CC(C)C(Nc1nc(Cl)ccc1C(=O)O)c1cccs1. The molecule has 2 aromatic rings. The smallest absolute Gasteiger partial charge is 0.339 e. The molecule has 0 spiro atoms. The molecule has 2 aromatic heterocycles. The lowest BCUT2D eigenvalue weighted by molar-refractivity contribution is 0.0697. The van der Waals surface area contributed by atoms with Crippen LogP contribution < -0.4 is 5.32 Å². The quantitative estimate of drug-likeness (QED) is 0.808. The van der Waals surface area contributed by atoms with Gasteiger partial charge in [-0.05, 0) is 29.5 Å². The third-order valence-corrected chi connectivity index (χ3v) is 4.07. The standard InChI is InChI=1S/C14H15ClN2O2S/c1-8(2)12(10-4-3-7-20-10)17-13-9(14(18)19)5-6-11(15)16-13/h3-8,12H,1-2H3,(H,16,17)(H,18,19). The summed E-state index contributed by atoms with van der Waals surface area (Å²) in [6.45, 7) is 4.14. The van der Waals surface area contributed by atoms with Gasteiger partial charge in [0, 0.05) is 4.88 Å². The molecule has 6 heteroatoms. The first-order chi connectivity index (χ1) is 9.49. The van der Waals surface area contributed by atoms with Gasteiger partial charge in [0.2, 0.25) is 0 Å². The summed E-state index contributed by atoms with van der Waals surface area (Å²) in [5.74, 6) is -0.432. The highest BCUT2D eigenvalue weighted by atomic mass is 35.5. The topological polar surface area (TPSA) is 62.2 Å². The van der Waals surface area contributed by atoms with Gasteiger partial charge < -0.3 is 10.4 Å². The highest BCUT2D eigenvalue weighted by Crippen LogP contribution is 2.30. The fourth-order valence-electron chi connectivity index (χ4n) is 1.90. The van der Waals surface area contributed by atoms with Gasteiger partial charge >= 0.3 is 5.97 Å². The molecule has 0 aliphatic heterocycles. The Labute approximate surface area is 126 Å². The third kappa shape index (κ3) is 3.29. The molecule has 0 aliphatic carbocycles. The van der Waals surface area contributed by atoms with Gasteiger partial charge in [-0.3, -0.25) is 0 Å². The van der Waals surface area contributed by atoms with Crippen molar-refractivity contribution in [3.63, 3.8) is 0 Å². The van der Waals surface area contributed by atoms with E-state index < -0.39 is 5.97 Å². The molecule has 0 aromatic carbocycles. The average Bonchev–Trinajstić information content (AvgIpc) is 2.88. The van der Waals surface area contributed by atoms with Crippen LogP contribution >= 0.6 is 22.9 Å². The number of carboxylic acids is 1. The molecule has 0 fully saturated rings. The highest BCUT2D eigenvalue weighted by Gasteiger charge is 2.20. The third-order valence-electron chi connectivity index (χ3n) is 2.90. The molecule has 106 valence electrons. The largest absolute Gasteiger partial charge is 0.478 e. The zero-order chi connectivity index (χ0) is 14.7. The van der Waals surface area contributed by atoms with E-state index in [0.717, 1.165) is 4.88 Å². The summed E-state index contributed by atoms with van der Waals surface area (Å²) >= 11 is 7.49. The molecule has 20 heavy (non-hydrogen) atoms. The van der Waals surface area contributed by atoms with E-state index in [-0.39, 0.29) is 22.7 Å². The van der Waals surface area contributed by atoms with Gasteiger partial charge in [-0.25, -0.2) is 9.78 Å². The van der Waals surface area contributed by atoms with Crippen LogP contribution in [-0.4, -0.2) is 16.1 Å². The second kappa shape index (κ2) is 6.24. The molecule has 4 nitrogen and oxygen atoms in total. The number of hydrogen-bond donors (Lipinski definition) is 2. The van der Waals surface area contributed by atoms with Gasteiger partial charge in [0.1, 0.15) is 16.5 Å². The van der Waals surface area contributed by atoms with Gasteiger partial charge in [-0.15, -0.1) is 11.3 Å². The van der Waals surface area contributed by atoms with Crippen LogP contribution in [0.3, 0.4) is 0 Å². The van der Waals surface area contributed by atoms with Crippen LogP contribution in [0.2, 0.25) is 5.15 Å². The number of carbonyl (C=O) groups is 1. The molecular formula is C14H15ClN2O2S. The molecule has 0 radical (unpaired) electrons. The van der Waals surface area contributed by atoms with Crippen LogP contribution in [0.5, 0.6) is 0 Å². The average molecular weight is 311 g/mol. The molecular weight excluding hydrogens is 296 g/mol. The summed E-state index contributed by atoms with van der Waals surface area (Å²) in [5.41, 5.74) is 0.122. The summed E-state index contributed by atoms with van der Waals surface area (Å²) in [5, 5.41) is 14.7. The number of nitrogens with one attached hydrogen (secondary N) is 1. The summed E-state index contributed by atoms with van der Waals surface area (Å²) in [6, 6.07) is 6.94. The van der Waals surface area contributed by atoms with Gasteiger partial charge in [-0.2, -0.15) is 0 Å².